The van der Waals surface area contributed by atoms with Gasteiger partial charge in [-0.1, -0.05) is 30.3 Å². The van der Waals surface area contributed by atoms with Crippen molar-refractivity contribution in [2.45, 2.75) is 19.3 Å². The predicted octanol–water partition coefficient (Wildman–Crippen LogP) is 3.61. The molecule has 0 aliphatic heterocycles. The average Bonchev–Trinajstić information content (AvgIpc) is 2.60. The number of benzene rings is 2. The molecule has 0 radical (unpaired) electrons. The van der Waals surface area contributed by atoms with Gasteiger partial charge < -0.3 is 19.9 Å². The summed E-state index contributed by atoms with van der Waals surface area (Å²) in [6.45, 7) is 3.71. The van der Waals surface area contributed by atoms with Gasteiger partial charge in [-0.2, -0.15) is 0 Å². The second kappa shape index (κ2) is 9.06. The van der Waals surface area contributed by atoms with E-state index in [0.29, 0.717) is 19.8 Å². The van der Waals surface area contributed by atoms with E-state index in [2.05, 4.69) is 6.07 Å². The predicted molar refractivity (Wildman–Crippen MR) is 92.5 cm³/mol. The SMILES string of the molecule is CCOc1ccccc1OCCC(CN)c1ccccc1OC. The molecule has 0 heterocycles. The fourth-order valence-corrected chi connectivity index (χ4v) is 2.56. The zero-order valence-electron chi connectivity index (χ0n) is 13.8. The van der Waals surface area contributed by atoms with Crippen LogP contribution >= 0.6 is 0 Å². The number of methoxy groups -OCH3 is 1. The number of hydrogen-bond acceptors (Lipinski definition) is 4. The Labute approximate surface area is 138 Å². The highest BCUT2D eigenvalue weighted by atomic mass is 16.5. The number of nitrogens with two attached hydrogens (primary N) is 1. The maximum atomic E-state index is 5.95. The zero-order chi connectivity index (χ0) is 16.5. The molecule has 2 rings (SSSR count). The summed E-state index contributed by atoms with van der Waals surface area (Å²) in [6, 6.07) is 15.7. The van der Waals surface area contributed by atoms with Gasteiger partial charge in [-0.25, -0.2) is 0 Å². The first-order valence-electron chi connectivity index (χ1n) is 7.97. The molecule has 0 aliphatic rings. The van der Waals surface area contributed by atoms with Crippen molar-refractivity contribution in [1.29, 1.82) is 0 Å². The third kappa shape index (κ3) is 4.63. The van der Waals surface area contributed by atoms with Crippen LogP contribution in [-0.2, 0) is 0 Å². The van der Waals surface area contributed by atoms with Gasteiger partial charge >= 0.3 is 0 Å². The first-order chi connectivity index (χ1) is 11.3. The molecule has 1 atom stereocenters. The molecular weight excluding hydrogens is 290 g/mol. The highest BCUT2D eigenvalue weighted by Gasteiger charge is 2.15. The van der Waals surface area contributed by atoms with Crippen molar-refractivity contribution in [2.24, 2.45) is 5.73 Å². The van der Waals surface area contributed by atoms with Gasteiger partial charge in [-0.3, -0.25) is 0 Å². The van der Waals surface area contributed by atoms with Crippen LogP contribution in [0.1, 0.15) is 24.8 Å². The molecule has 0 saturated heterocycles. The highest BCUT2D eigenvalue weighted by Crippen LogP contribution is 2.30. The molecule has 0 aliphatic carbocycles. The van der Waals surface area contributed by atoms with Gasteiger partial charge in [0.2, 0.25) is 0 Å². The summed E-state index contributed by atoms with van der Waals surface area (Å²) < 4.78 is 16.9. The van der Waals surface area contributed by atoms with Gasteiger partial charge in [0.25, 0.3) is 0 Å². The van der Waals surface area contributed by atoms with Crippen molar-refractivity contribution < 1.29 is 14.2 Å². The summed E-state index contributed by atoms with van der Waals surface area (Å²) in [5, 5.41) is 0. The molecule has 0 amide bonds. The normalized spacial score (nSPS) is 11.8. The van der Waals surface area contributed by atoms with E-state index < -0.39 is 0 Å². The number of ether oxygens (including phenoxy) is 3. The van der Waals surface area contributed by atoms with E-state index in [1.54, 1.807) is 7.11 Å². The van der Waals surface area contributed by atoms with Gasteiger partial charge in [0.05, 0.1) is 20.3 Å². The lowest BCUT2D eigenvalue weighted by Crippen LogP contribution is -2.16. The Morgan fingerprint density at radius 3 is 2.13 bits per heavy atom. The van der Waals surface area contributed by atoms with Crippen LogP contribution in [-0.4, -0.2) is 26.9 Å². The Hall–Kier alpha value is -2.20. The summed E-state index contributed by atoms with van der Waals surface area (Å²) in [4.78, 5) is 0. The fraction of sp³-hybridized carbons (Fsp3) is 0.368. The van der Waals surface area contributed by atoms with Gasteiger partial charge in [-0.15, -0.1) is 0 Å². The molecule has 0 fully saturated rings. The maximum Gasteiger partial charge on any atom is 0.161 e. The minimum atomic E-state index is 0.199. The van der Waals surface area contributed by atoms with Gasteiger partial charge in [-0.05, 0) is 43.7 Å². The van der Waals surface area contributed by atoms with Crippen molar-refractivity contribution in [2.75, 3.05) is 26.9 Å². The van der Waals surface area contributed by atoms with Gasteiger partial charge in [0.15, 0.2) is 11.5 Å². The lowest BCUT2D eigenvalue weighted by atomic mass is 9.95. The molecule has 23 heavy (non-hydrogen) atoms. The van der Waals surface area contributed by atoms with Gasteiger partial charge in [0.1, 0.15) is 5.75 Å². The Morgan fingerprint density at radius 1 is 0.913 bits per heavy atom. The Balaban J connectivity index is 1.99. The summed E-state index contributed by atoms with van der Waals surface area (Å²) >= 11 is 0. The second-order valence-corrected chi connectivity index (χ2v) is 5.19. The Kier molecular flexibility index (Phi) is 6.76. The van der Waals surface area contributed by atoms with Crippen LogP contribution < -0.4 is 19.9 Å². The number of para-hydroxylation sites is 3. The molecule has 2 aromatic carbocycles. The van der Waals surface area contributed by atoms with E-state index in [-0.39, 0.29) is 5.92 Å². The fourth-order valence-electron chi connectivity index (χ4n) is 2.56. The van der Waals surface area contributed by atoms with Crippen LogP contribution in [0, 0.1) is 0 Å². The molecule has 124 valence electrons. The Morgan fingerprint density at radius 2 is 1.52 bits per heavy atom. The van der Waals surface area contributed by atoms with Crippen LogP contribution in [0.25, 0.3) is 0 Å². The van der Waals surface area contributed by atoms with Crippen LogP contribution in [0.15, 0.2) is 48.5 Å². The summed E-state index contributed by atoms with van der Waals surface area (Å²) in [6.07, 6.45) is 0.817. The van der Waals surface area contributed by atoms with Crippen LogP contribution in [0.3, 0.4) is 0 Å². The van der Waals surface area contributed by atoms with E-state index in [1.165, 1.54) is 0 Å². The highest BCUT2D eigenvalue weighted by molar-refractivity contribution is 5.39. The minimum Gasteiger partial charge on any atom is -0.496 e. The van der Waals surface area contributed by atoms with E-state index in [9.17, 15) is 0 Å². The molecule has 0 saturated carbocycles. The van der Waals surface area contributed by atoms with Gasteiger partial charge in [0, 0.05) is 5.92 Å². The van der Waals surface area contributed by atoms with Crippen LogP contribution in [0.4, 0.5) is 0 Å². The van der Waals surface area contributed by atoms with Crippen molar-refractivity contribution >= 4 is 0 Å². The van der Waals surface area contributed by atoms with E-state index >= 15 is 0 Å². The van der Waals surface area contributed by atoms with Crippen LogP contribution in [0.5, 0.6) is 17.2 Å². The van der Waals surface area contributed by atoms with E-state index in [0.717, 1.165) is 29.2 Å². The average molecular weight is 315 g/mol. The largest absolute Gasteiger partial charge is 0.496 e. The molecule has 4 heteroatoms. The summed E-state index contributed by atoms with van der Waals surface area (Å²) in [5.41, 5.74) is 7.07. The lowest BCUT2D eigenvalue weighted by molar-refractivity contribution is 0.266. The monoisotopic (exact) mass is 315 g/mol. The molecule has 2 N–H and O–H groups in total. The molecule has 4 nitrogen and oxygen atoms in total. The molecule has 0 spiro atoms. The maximum absolute atomic E-state index is 5.95. The quantitative estimate of drug-likeness (QED) is 0.768. The standard InChI is InChI=1S/C19H25NO3/c1-3-22-18-10-6-7-11-19(18)23-13-12-15(14-20)16-8-4-5-9-17(16)21-2/h4-11,15H,3,12-14,20H2,1-2H3. The summed E-state index contributed by atoms with van der Waals surface area (Å²) in [7, 11) is 1.68. The summed E-state index contributed by atoms with van der Waals surface area (Å²) in [5.74, 6) is 2.62. The first kappa shape index (κ1) is 17.2. The Bertz CT molecular complexity index is 601. The van der Waals surface area contributed by atoms with E-state index in [4.69, 9.17) is 19.9 Å². The molecule has 1 unspecified atom stereocenters. The van der Waals surface area contributed by atoms with Crippen molar-refractivity contribution in [1.82, 2.24) is 0 Å². The third-order valence-corrected chi connectivity index (χ3v) is 3.74. The minimum absolute atomic E-state index is 0.199. The third-order valence-electron chi connectivity index (χ3n) is 3.74. The number of rotatable bonds is 9. The zero-order valence-corrected chi connectivity index (χ0v) is 13.8. The lowest BCUT2D eigenvalue weighted by Gasteiger charge is -2.19. The molecule has 0 bridgehead atoms. The number of hydrogen-bond donors (Lipinski definition) is 1. The second-order valence-electron chi connectivity index (χ2n) is 5.19. The van der Waals surface area contributed by atoms with Crippen molar-refractivity contribution in [3.05, 3.63) is 54.1 Å². The van der Waals surface area contributed by atoms with Crippen LogP contribution in [0.2, 0.25) is 0 Å². The molecular formula is C19H25NO3. The van der Waals surface area contributed by atoms with Crippen molar-refractivity contribution in [3.8, 4) is 17.2 Å². The molecule has 0 aromatic heterocycles. The van der Waals surface area contributed by atoms with E-state index in [1.807, 2.05) is 49.4 Å². The first-order valence-corrected chi connectivity index (χ1v) is 7.97. The molecule has 2 aromatic rings. The van der Waals surface area contributed by atoms with Crippen molar-refractivity contribution in [3.63, 3.8) is 0 Å². The topological polar surface area (TPSA) is 53.7 Å². The smallest absolute Gasteiger partial charge is 0.161 e.